The van der Waals surface area contributed by atoms with Gasteiger partial charge in [0.15, 0.2) is 0 Å². The third-order valence-electron chi connectivity index (χ3n) is 2.28. The Balaban J connectivity index is 2.44. The number of rotatable bonds is 3. The Kier molecular flexibility index (Phi) is 3.74. The summed E-state index contributed by atoms with van der Waals surface area (Å²) in [6.45, 7) is 0. The minimum absolute atomic E-state index is 0.220. The van der Waals surface area contributed by atoms with Crippen molar-refractivity contribution in [2.45, 2.75) is 6.04 Å². The summed E-state index contributed by atoms with van der Waals surface area (Å²) >= 11 is 4.39. The summed E-state index contributed by atoms with van der Waals surface area (Å²) in [5.41, 5.74) is 5.98. The van der Waals surface area contributed by atoms with Crippen LogP contribution < -0.4 is 5.73 Å². The highest BCUT2D eigenvalue weighted by atomic mass is 79.9. The lowest BCUT2D eigenvalue weighted by atomic mass is 10.2. The largest absolute Gasteiger partial charge is 0.480 e. The molecule has 1 heterocycles. The monoisotopic (exact) mass is 330 g/mol. The van der Waals surface area contributed by atoms with Gasteiger partial charge in [0.05, 0.1) is 11.3 Å². The Hall–Kier alpha value is -1.31. The first-order valence-electron chi connectivity index (χ1n) is 4.89. The van der Waals surface area contributed by atoms with Gasteiger partial charge in [-0.15, -0.1) is 11.3 Å². The molecule has 1 aromatic carbocycles. The molecule has 2 aromatic rings. The van der Waals surface area contributed by atoms with E-state index in [2.05, 4.69) is 20.9 Å². The smallest absolute Gasteiger partial charge is 0.326 e. The van der Waals surface area contributed by atoms with E-state index in [1.165, 1.54) is 11.4 Å². The van der Waals surface area contributed by atoms with Crippen molar-refractivity contribution in [2.75, 3.05) is 0 Å². The van der Waals surface area contributed by atoms with E-state index in [4.69, 9.17) is 10.8 Å². The molecule has 0 bridgehead atoms. The number of aromatic nitrogens is 1. The highest BCUT2D eigenvalue weighted by molar-refractivity contribution is 9.10. The number of benzene rings is 1. The molecule has 0 aliphatic carbocycles. The number of carboxylic acid groups (broad SMARTS) is 1. The zero-order chi connectivity index (χ0) is 13.3. The summed E-state index contributed by atoms with van der Waals surface area (Å²) in [5.74, 6) is -1.59. The van der Waals surface area contributed by atoms with Crippen LogP contribution in [0.2, 0.25) is 0 Å². The van der Waals surface area contributed by atoms with Crippen LogP contribution in [0.4, 0.5) is 4.39 Å². The van der Waals surface area contributed by atoms with Gasteiger partial charge in [-0.25, -0.2) is 9.37 Å². The van der Waals surface area contributed by atoms with Gasteiger partial charge in [-0.05, 0) is 28.1 Å². The first-order valence-corrected chi connectivity index (χ1v) is 6.56. The molecule has 1 unspecified atom stereocenters. The molecule has 7 heteroatoms. The van der Waals surface area contributed by atoms with Crippen molar-refractivity contribution in [2.24, 2.45) is 5.73 Å². The molecule has 2 rings (SSSR count). The molecule has 18 heavy (non-hydrogen) atoms. The lowest BCUT2D eigenvalue weighted by molar-refractivity contribution is -0.138. The quantitative estimate of drug-likeness (QED) is 0.907. The molecule has 0 amide bonds. The molecule has 94 valence electrons. The van der Waals surface area contributed by atoms with Crippen molar-refractivity contribution in [1.82, 2.24) is 4.98 Å². The number of halogens is 2. The molecule has 0 saturated heterocycles. The van der Waals surface area contributed by atoms with Crippen LogP contribution in [-0.4, -0.2) is 16.1 Å². The summed E-state index contributed by atoms with van der Waals surface area (Å²) in [7, 11) is 0. The lowest BCUT2D eigenvalue weighted by Crippen LogP contribution is -2.20. The molecule has 4 nitrogen and oxygen atoms in total. The second-order valence-corrected chi connectivity index (χ2v) is 5.20. The minimum Gasteiger partial charge on any atom is -0.480 e. The third kappa shape index (κ3) is 2.43. The molecule has 3 N–H and O–H groups in total. The number of thiazole rings is 1. The van der Waals surface area contributed by atoms with E-state index in [1.807, 2.05) is 0 Å². The number of aliphatic carboxylic acids is 1. The molecule has 1 aromatic heterocycles. The van der Waals surface area contributed by atoms with Crippen molar-refractivity contribution < 1.29 is 14.3 Å². The van der Waals surface area contributed by atoms with Gasteiger partial charge in [-0.1, -0.05) is 6.07 Å². The topological polar surface area (TPSA) is 76.2 Å². The van der Waals surface area contributed by atoms with Gasteiger partial charge in [-0.3, -0.25) is 4.79 Å². The van der Waals surface area contributed by atoms with Gasteiger partial charge < -0.3 is 10.8 Å². The van der Waals surface area contributed by atoms with Crippen LogP contribution in [0.15, 0.2) is 28.1 Å². The Bertz CT molecular complexity index is 582. The number of hydrogen-bond donors (Lipinski definition) is 2. The first kappa shape index (κ1) is 13.1. The molecule has 0 saturated carbocycles. The SMILES string of the molecule is NC(C(=O)O)c1csc(-c2c(F)cccc2Br)n1. The van der Waals surface area contributed by atoms with Crippen LogP contribution in [0.1, 0.15) is 11.7 Å². The van der Waals surface area contributed by atoms with Crippen molar-refractivity contribution in [3.8, 4) is 10.6 Å². The van der Waals surface area contributed by atoms with Crippen LogP contribution in [-0.2, 0) is 4.79 Å². The highest BCUT2D eigenvalue weighted by Gasteiger charge is 2.20. The number of hydrogen-bond acceptors (Lipinski definition) is 4. The van der Waals surface area contributed by atoms with Crippen molar-refractivity contribution in [1.29, 1.82) is 0 Å². The van der Waals surface area contributed by atoms with E-state index in [0.717, 1.165) is 11.3 Å². The van der Waals surface area contributed by atoms with Gasteiger partial charge in [0.2, 0.25) is 0 Å². The molecule has 0 spiro atoms. The summed E-state index contributed by atoms with van der Waals surface area (Å²) in [6.07, 6.45) is 0. The van der Waals surface area contributed by atoms with Gasteiger partial charge in [-0.2, -0.15) is 0 Å². The first-order chi connectivity index (χ1) is 8.50. The van der Waals surface area contributed by atoms with Crippen molar-refractivity contribution in [3.63, 3.8) is 0 Å². The van der Waals surface area contributed by atoms with E-state index >= 15 is 0 Å². The van der Waals surface area contributed by atoms with E-state index in [9.17, 15) is 9.18 Å². The summed E-state index contributed by atoms with van der Waals surface area (Å²) in [4.78, 5) is 14.8. The lowest BCUT2D eigenvalue weighted by Gasteiger charge is -2.03. The van der Waals surface area contributed by atoms with E-state index in [0.29, 0.717) is 15.0 Å². The molecule has 0 radical (unpaired) electrons. The molecule has 1 atom stereocenters. The van der Waals surface area contributed by atoms with Crippen LogP contribution in [0.25, 0.3) is 10.6 Å². The number of nitrogens with two attached hydrogens (primary N) is 1. The average molecular weight is 331 g/mol. The molecule has 0 aliphatic rings. The standard InChI is InChI=1S/C11H8BrFN2O2S/c12-5-2-1-3-6(13)8(5)10-15-7(4-18-10)9(14)11(16)17/h1-4,9H,14H2,(H,16,17). The van der Waals surface area contributed by atoms with E-state index in [-0.39, 0.29) is 5.69 Å². The van der Waals surface area contributed by atoms with Crippen molar-refractivity contribution >= 4 is 33.2 Å². The molecule has 0 aliphatic heterocycles. The third-order valence-corrected chi connectivity index (χ3v) is 3.82. The van der Waals surface area contributed by atoms with Crippen LogP contribution in [0.5, 0.6) is 0 Å². The summed E-state index contributed by atoms with van der Waals surface area (Å²) < 4.78 is 14.3. The maximum absolute atomic E-state index is 13.7. The second-order valence-electron chi connectivity index (χ2n) is 3.49. The van der Waals surface area contributed by atoms with Crippen LogP contribution in [0.3, 0.4) is 0 Å². The molecular weight excluding hydrogens is 323 g/mol. The van der Waals surface area contributed by atoms with Crippen LogP contribution >= 0.6 is 27.3 Å². The Labute approximate surface area is 114 Å². The fourth-order valence-electron chi connectivity index (χ4n) is 1.37. The van der Waals surface area contributed by atoms with Crippen LogP contribution in [0, 0.1) is 5.82 Å². The fraction of sp³-hybridized carbons (Fsp3) is 0.0909. The average Bonchev–Trinajstić information content (AvgIpc) is 2.77. The van der Waals surface area contributed by atoms with Crippen molar-refractivity contribution in [3.05, 3.63) is 39.6 Å². The predicted octanol–water partition coefficient (Wildman–Crippen LogP) is 2.80. The molecular formula is C11H8BrFN2O2S. The maximum atomic E-state index is 13.7. The zero-order valence-electron chi connectivity index (χ0n) is 8.93. The number of carboxylic acids is 1. The Morgan fingerprint density at radius 1 is 1.56 bits per heavy atom. The van der Waals surface area contributed by atoms with Gasteiger partial charge in [0.25, 0.3) is 0 Å². The maximum Gasteiger partial charge on any atom is 0.326 e. The normalized spacial score (nSPS) is 12.4. The van der Waals surface area contributed by atoms with Gasteiger partial charge >= 0.3 is 5.97 Å². The zero-order valence-corrected chi connectivity index (χ0v) is 11.3. The van der Waals surface area contributed by atoms with Gasteiger partial charge in [0, 0.05) is 9.85 Å². The number of carbonyl (C=O) groups is 1. The fourth-order valence-corrected chi connectivity index (χ4v) is 2.95. The van der Waals surface area contributed by atoms with E-state index < -0.39 is 17.8 Å². The van der Waals surface area contributed by atoms with E-state index in [1.54, 1.807) is 12.1 Å². The summed E-state index contributed by atoms with van der Waals surface area (Å²) in [5, 5.41) is 10.7. The summed E-state index contributed by atoms with van der Waals surface area (Å²) in [6, 6.07) is 3.38. The number of nitrogens with zero attached hydrogens (tertiary/aromatic N) is 1. The predicted molar refractivity (Wildman–Crippen MR) is 69.8 cm³/mol. The highest BCUT2D eigenvalue weighted by Crippen LogP contribution is 2.33. The van der Waals surface area contributed by atoms with Gasteiger partial charge in [0.1, 0.15) is 16.9 Å². The Morgan fingerprint density at radius 2 is 2.28 bits per heavy atom. The Morgan fingerprint density at radius 3 is 2.89 bits per heavy atom. The minimum atomic E-state index is -1.19. The second kappa shape index (κ2) is 5.13. The molecule has 0 fully saturated rings.